The van der Waals surface area contributed by atoms with Crippen molar-refractivity contribution in [3.63, 3.8) is 0 Å². The average molecular weight is 348 g/mol. The topological polar surface area (TPSA) is 53.4 Å². The lowest BCUT2D eigenvalue weighted by Crippen LogP contribution is -2.26. The van der Waals surface area contributed by atoms with E-state index in [4.69, 9.17) is 5.11 Å². The summed E-state index contributed by atoms with van der Waals surface area (Å²) in [7, 11) is 0. The molecule has 0 aliphatic heterocycles. The summed E-state index contributed by atoms with van der Waals surface area (Å²) in [6, 6.07) is 16.1. The summed E-state index contributed by atoms with van der Waals surface area (Å²) < 4.78 is 0. The van der Waals surface area contributed by atoms with Crippen molar-refractivity contribution >= 4 is 28.1 Å². The molecule has 1 amide bonds. The van der Waals surface area contributed by atoms with Crippen LogP contribution in [0.2, 0.25) is 0 Å². The fourth-order valence-electron chi connectivity index (χ4n) is 3.15. The number of anilines is 2. The second-order valence-electron chi connectivity index (χ2n) is 6.30. The number of aliphatic hydroxyl groups excluding tert-OH is 1. The van der Waals surface area contributed by atoms with E-state index < -0.39 is 0 Å². The third-order valence-corrected chi connectivity index (χ3v) is 4.52. The molecule has 1 heterocycles. The zero-order chi connectivity index (χ0) is 18.4. The summed E-state index contributed by atoms with van der Waals surface area (Å²) in [4.78, 5) is 18.8. The van der Waals surface area contributed by atoms with Gasteiger partial charge in [-0.3, -0.25) is 14.7 Å². The summed E-state index contributed by atoms with van der Waals surface area (Å²) in [6.07, 6.45) is 6.36. The van der Waals surface area contributed by atoms with E-state index >= 15 is 0 Å². The van der Waals surface area contributed by atoms with E-state index in [1.807, 2.05) is 43.5 Å². The first kappa shape index (κ1) is 18.1. The number of aryl methyl sites for hydroxylation is 1. The molecule has 0 saturated carbocycles. The van der Waals surface area contributed by atoms with Crippen molar-refractivity contribution in [2.24, 2.45) is 0 Å². The monoisotopic (exact) mass is 348 g/mol. The number of rotatable bonds is 7. The minimum atomic E-state index is 0.0508. The molecule has 0 aliphatic carbocycles. The number of aliphatic hydroxyl groups is 1. The molecule has 26 heavy (non-hydrogen) atoms. The van der Waals surface area contributed by atoms with Crippen molar-refractivity contribution in [2.75, 3.05) is 11.5 Å². The number of aromatic nitrogens is 1. The minimum Gasteiger partial charge on any atom is -0.396 e. The smallest absolute Gasteiger partial charge is 0.231 e. The van der Waals surface area contributed by atoms with Gasteiger partial charge in [0.25, 0.3) is 0 Å². The van der Waals surface area contributed by atoms with Gasteiger partial charge in [0.1, 0.15) is 0 Å². The summed E-state index contributed by atoms with van der Waals surface area (Å²) in [5, 5.41) is 11.3. The van der Waals surface area contributed by atoms with E-state index in [-0.39, 0.29) is 12.5 Å². The van der Waals surface area contributed by atoms with Crippen molar-refractivity contribution in [3.05, 3.63) is 66.5 Å². The van der Waals surface area contributed by atoms with Crippen LogP contribution in [-0.2, 0) is 11.2 Å². The zero-order valence-corrected chi connectivity index (χ0v) is 15.1. The highest BCUT2D eigenvalue weighted by Crippen LogP contribution is 2.32. The van der Waals surface area contributed by atoms with E-state index in [9.17, 15) is 4.79 Å². The Kier molecular flexibility index (Phi) is 5.97. The third kappa shape index (κ3) is 3.92. The molecule has 4 nitrogen and oxygen atoms in total. The van der Waals surface area contributed by atoms with Crippen LogP contribution in [0.3, 0.4) is 0 Å². The Hall–Kier alpha value is -2.72. The van der Waals surface area contributed by atoms with Gasteiger partial charge in [-0.1, -0.05) is 37.3 Å². The number of hydrogen-bond donors (Lipinski definition) is 1. The highest BCUT2D eigenvalue weighted by molar-refractivity contribution is 6.02. The number of nitrogens with zero attached hydrogens (tertiary/aromatic N) is 2. The van der Waals surface area contributed by atoms with E-state index in [1.54, 1.807) is 11.1 Å². The fourth-order valence-corrected chi connectivity index (χ4v) is 3.15. The summed E-state index contributed by atoms with van der Waals surface area (Å²) in [5.41, 5.74) is 2.76. The molecule has 134 valence electrons. The maximum atomic E-state index is 12.8. The first-order valence-corrected chi connectivity index (χ1v) is 9.10. The molecule has 0 atom stereocenters. The van der Waals surface area contributed by atoms with Crippen LogP contribution < -0.4 is 4.90 Å². The molecule has 3 rings (SSSR count). The standard InChI is InChI=1S/C22H24N2O2/c1-2-22(26)24(20-11-10-17-7-3-4-8-18(17)15-20)21-12-13-23-16-19(21)9-5-6-14-25/h3-4,7-8,10-13,15-16,25H,2,5-6,9,14H2,1H3. The molecular formula is C22H24N2O2. The number of amides is 1. The van der Waals surface area contributed by atoms with Crippen LogP contribution >= 0.6 is 0 Å². The van der Waals surface area contributed by atoms with Gasteiger partial charge in [0.2, 0.25) is 5.91 Å². The lowest BCUT2D eigenvalue weighted by molar-refractivity contribution is -0.117. The quantitative estimate of drug-likeness (QED) is 0.634. The predicted octanol–water partition coefficient (Wildman–Crippen LogP) is 4.62. The lowest BCUT2D eigenvalue weighted by Gasteiger charge is -2.25. The van der Waals surface area contributed by atoms with E-state index in [2.05, 4.69) is 23.2 Å². The summed E-state index contributed by atoms with van der Waals surface area (Å²) >= 11 is 0. The summed E-state index contributed by atoms with van der Waals surface area (Å²) in [5.74, 6) is 0.0508. The van der Waals surface area contributed by atoms with Gasteiger partial charge < -0.3 is 5.11 Å². The largest absolute Gasteiger partial charge is 0.396 e. The number of fused-ring (bicyclic) bond motifs is 1. The molecule has 0 radical (unpaired) electrons. The Morgan fingerprint density at radius 1 is 1.08 bits per heavy atom. The molecular weight excluding hydrogens is 324 g/mol. The van der Waals surface area contributed by atoms with Gasteiger partial charge in [-0.2, -0.15) is 0 Å². The second kappa shape index (κ2) is 8.59. The molecule has 0 bridgehead atoms. The van der Waals surface area contributed by atoms with Crippen LogP contribution in [0.25, 0.3) is 10.8 Å². The van der Waals surface area contributed by atoms with Gasteiger partial charge in [-0.15, -0.1) is 0 Å². The van der Waals surface area contributed by atoms with Crippen LogP contribution in [0.15, 0.2) is 60.9 Å². The van der Waals surface area contributed by atoms with Crippen LogP contribution in [0.5, 0.6) is 0 Å². The molecule has 1 N–H and O–H groups in total. The SMILES string of the molecule is CCC(=O)N(c1ccc2ccccc2c1)c1ccncc1CCCCO. The number of pyridine rings is 1. The van der Waals surface area contributed by atoms with E-state index in [0.29, 0.717) is 6.42 Å². The van der Waals surface area contributed by atoms with E-state index in [1.165, 1.54) is 0 Å². The summed E-state index contributed by atoms with van der Waals surface area (Å²) in [6.45, 7) is 2.06. The van der Waals surface area contributed by atoms with Crippen LogP contribution in [0, 0.1) is 0 Å². The average Bonchev–Trinajstić information content (AvgIpc) is 2.69. The predicted molar refractivity (Wildman–Crippen MR) is 106 cm³/mol. The number of unbranched alkanes of at least 4 members (excludes halogenated alkanes) is 1. The number of benzene rings is 2. The Bertz CT molecular complexity index is 892. The second-order valence-corrected chi connectivity index (χ2v) is 6.30. The lowest BCUT2D eigenvalue weighted by atomic mass is 10.1. The molecule has 1 aromatic heterocycles. The molecule has 0 spiro atoms. The minimum absolute atomic E-state index is 0.0508. The van der Waals surface area contributed by atoms with Gasteiger partial charge in [0.05, 0.1) is 5.69 Å². The van der Waals surface area contributed by atoms with Gasteiger partial charge in [0, 0.05) is 31.1 Å². The van der Waals surface area contributed by atoms with Crippen molar-refractivity contribution < 1.29 is 9.90 Å². The molecule has 3 aromatic rings. The molecule has 0 aliphatic rings. The molecule has 0 unspecified atom stereocenters. The first-order chi connectivity index (χ1) is 12.7. The maximum absolute atomic E-state index is 12.8. The highest BCUT2D eigenvalue weighted by atomic mass is 16.2. The molecule has 0 saturated heterocycles. The number of carbonyl (C=O) groups excluding carboxylic acids is 1. The van der Waals surface area contributed by atoms with Crippen LogP contribution in [0.4, 0.5) is 11.4 Å². The Morgan fingerprint density at radius 2 is 1.88 bits per heavy atom. The van der Waals surface area contributed by atoms with Gasteiger partial charge in [0.15, 0.2) is 0 Å². The maximum Gasteiger partial charge on any atom is 0.231 e. The van der Waals surface area contributed by atoms with Gasteiger partial charge in [-0.25, -0.2) is 0 Å². The third-order valence-electron chi connectivity index (χ3n) is 4.52. The van der Waals surface area contributed by atoms with Crippen molar-refractivity contribution in [2.45, 2.75) is 32.6 Å². The van der Waals surface area contributed by atoms with Crippen LogP contribution in [-0.4, -0.2) is 22.6 Å². The van der Waals surface area contributed by atoms with Crippen LogP contribution in [0.1, 0.15) is 31.7 Å². The Morgan fingerprint density at radius 3 is 2.65 bits per heavy atom. The van der Waals surface area contributed by atoms with Crippen molar-refractivity contribution in [3.8, 4) is 0 Å². The van der Waals surface area contributed by atoms with Gasteiger partial charge >= 0.3 is 0 Å². The first-order valence-electron chi connectivity index (χ1n) is 9.10. The van der Waals surface area contributed by atoms with Crippen molar-refractivity contribution in [1.29, 1.82) is 0 Å². The zero-order valence-electron chi connectivity index (χ0n) is 15.1. The van der Waals surface area contributed by atoms with E-state index in [0.717, 1.165) is 47.0 Å². The fraction of sp³-hybridized carbons (Fsp3) is 0.273. The molecule has 4 heteroatoms. The number of hydrogen-bond acceptors (Lipinski definition) is 3. The van der Waals surface area contributed by atoms with Gasteiger partial charge in [-0.05, 0) is 53.8 Å². The van der Waals surface area contributed by atoms with Crippen molar-refractivity contribution in [1.82, 2.24) is 4.98 Å². The number of carbonyl (C=O) groups is 1. The highest BCUT2D eigenvalue weighted by Gasteiger charge is 2.19. The Labute approximate surface area is 154 Å². The molecule has 2 aromatic carbocycles. The Balaban J connectivity index is 2.04. The molecule has 0 fully saturated rings. The normalized spacial score (nSPS) is 10.8.